The molecule has 0 bridgehead atoms. The molecule has 0 aromatic heterocycles. The molecule has 1 aromatic carbocycles. The van der Waals surface area contributed by atoms with Crippen LogP contribution in [0.4, 0.5) is 10.1 Å². The summed E-state index contributed by atoms with van der Waals surface area (Å²) in [6.45, 7) is 1.26. The average molecular weight is 324 g/mol. The lowest BCUT2D eigenvalue weighted by Crippen LogP contribution is -2.28. The van der Waals surface area contributed by atoms with E-state index in [0.717, 1.165) is 6.07 Å². The van der Waals surface area contributed by atoms with Crippen molar-refractivity contribution in [2.75, 3.05) is 18.6 Å². The Labute approximate surface area is 117 Å². The number of sulfonamides is 1. The minimum Gasteiger partial charge on any atom is -0.260 e. The Morgan fingerprint density at radius 1 is 1.45 bits per heavy atom. The van der Waals surface area contributed by atoms with Crippen LogP contribution in [0.1, 0.15) is 5.56 Å². The first kappa shape index (κ1) is 16.7. The molecule has 0 radical (unpaired) electrons. The molecule has 20 heavy (non-hydrogen) atoms. The van der Waals surface area contributed by atoms with Crippen LogP contribution in [0.15, 0.2) is 17.0 Å². The molecule has 0 spiro atoms. The topological polar surface area (TPSA) is 106 Å². The monoisotopic (exact) mass is 324 g/mol. The molecule has 0 aliphatic rings. The van der Waals surface area contributed by atoms with E-state index in [2.05, 4.69) is 4.72 Å². The number of benzene rings is 1. The van der Waals surface area contributed by atoms with E-state index in [0.29, 0.717) is 6.07 Å². The molecule has 1 unspecified atom stereocenters. The van der Waals surface area contributed by atoms with Gasteiger partial charge in [-0.1, -0.05) is 0 Å². The predicted octanol–water partition coefficient (Wildman–Crippen LogP) is 0.699. The second-order valence-corrected chi connectivity index (χ2v) is 7.29. The number of nitrogens with zero attached hydrogens (tertiary/aromatic N) is 1. The number of hydrogen-bond donors (Lipinski definition) is 1. The molecule has 112 valence electrons. The molecule has 0 saturated heterocycles. The summed E-state index contributed by atoms with van der Waals surface area (Å²) >= 11 is 0. The molecular weight excluding hydrogens is 311 g/mol. The van der Waals surface area contributed by atoms with Crippen LogP contribution in [0.25, 0.3) is 0 Å². The van der Waals surface area contributed by atoms with E-state index in [-0.39, 0.29) is 22.8 Å². The molecule has 1 N–H and O–H groups in total. The van der Waals surface area contributed by atoms with Crippen LogP contribution in [-0.4, -0.2) is 36.1 Å². The summed E-state index contributed by atoms with van der Waals surface area (Å²) in [6, 6.07) is 1.47. The maximum atomic E-state index is 13.3. The molecule has 0 amide bonds. The zero-order valence-corrected chi connectivity index (χ0v) is 12.4. The third-order valence-corrected chi connectivity index (χ3v) is 4.79. The van der Waals surface area contributed by atoms with Gasteiger partial charge in [0.05, 0.1) is 9.82 Å². The molecule has 0 heterocycles. The van der Waals surface area contributed by atoms with Crippen LogP contribution < -0.4 is 4.72 Å². The van der Waals surface area contributed by atoms with Crippen molar-refractivity contribution in [3.8, 4) is 0 Å². The number of nitro benzene ring substituents is 1. The van der Waals surface area contributed by atoms with E-state index < -0.39 is 37.3 Å². The Morgan fingerprint density at radius 3 is 2.55 bits per heavy atom. The molecule has 0 aliphatic heterocycles. The standard InChI is InChI=1S/C10H13FN2O5S2/c1-7-5-8(11)9(13(14)15)6-10(7)20(17,18)12-3-4-19(2)16/h5-6,12H,3-4H2,1-2H3. The Balaban J connectivity index is 3.14. The minimum absolute atomic E-state index is 0.0539. The predicted molar refractivity (Wildman–Crippen MR) is 71.9 cm³/mol. The smallest absolute Gasteiger partial charge is 0.260 e. The second kappa shape index (κ2) is 6.37. The van der Waals surface area contributed by atoms with Crippen molar-refractivity contribution >= 4 is 26.5 Å². The Morgan fingerprint density at radius 2 is 2.05 bits per heavy atom. The average Bonchev–Trinajstić information content (AvgIpc) is 2.26. The van der Waals surface area contributed by atoms with Crippen molar-refractivity contribution < 1.29 is 21.9 Å². The number of hydrogen-bond acceptors (Lipinski definition) is 5. The summed E-state index contributed by atoms with van der Waals surface area (Å²) in [7, 11) is -5.19. The van der Waals surface area contributed by atoms with Crippen molar-refractivity contribution in [1.29, 1.82) is 0 Å². The van der Waals surface area contributed by atoms with Crippen molar-refractivity contribution in [1.82, 2.24) is 4.72 Å². The largest absolute Gasteiger partial charge is 0.306 e. The van der Waals surface area contributed by atoms with Crippen LogP contribution in [0, 0.1) is 22.9 Å². The minimum atomic E-state index is -4.01. The Bertz CT molecular complexity index is 660. The zero-order valence-electron chi connectivity index (χ0n) is 10.8. The molecular formula is C10H13FN2O5S2. The molecule has 0 fully saturated rings. The van der Waals surface area contributed by atoms with Crippen molar-refractivity contribution in [2.24, 2.45) is 0 Å². The number of nitrogens with one attached hydrogen (secondary N) is 1. The highest BCUT2D eigenvalue weighted by molar-refractivity contribution is 7.89. The third-order valence-electron chi connectivity index (χ3n) is 2.41. The fourth-order valence-corrected chi connectivity index (χ4v) is 3.26. The summed E-state index contributed by atoms with van der Waals surface area (Å²) < 4.78 is 50.3. The van der Waals surface area contributed by atoms with Gasteiger partial charge in [0.15, 0.2) is 0 Å². The Hall–Kier alpha value is -1.39. The fraction of sp³-hybridized carbons (Fsp3) is 0.400. The third kappa shape index (κ3) is 4.05. The first-order chi connectivity index (χ1) is 9.15. The lowest BCUT2D eigenvalue weighted by molar-refractivity contribution is -0.387. The summed E-state index contributed by atoms with van der Waals surface area (Å²) in [6.07, 6.45) is 1.42. The molecule has 1 rings (SSSR count). The summed E-state index contributed by atoms with van der Waals surface area (Å²) in [4.78, 5) is 9.27. The number of aryl methyl sites for hydroxylation is 1. The molecule has 0 aliphatic carbocycles. The van der Waals surface area contributed by atoms with Crippen molar-refractivity contribution in [3.63, 3.8) is 0 Å². The van der Waals surface area contributed by atoms with Gasteiger partial charge in [0.1, 0.15) is 0 Å². The lowest BCUT2D eigenvalue weighted by atomic mass is 10.2. The molecule has 10 heteroatoms. The number of nitro groups is 1. The van der Waals surface area contributed by atoms with Gasteiger partial charge in [-0.05, 0) is 18.6 Å². The van der Waals surface area contributed by atoms with Gasteiger partial charge in [0.2, 0.25) is 15.8 Å². The highest BCUT2D eigenvalue weighted by Crippen LogP contribution is 2.25. The van der Waals surface area contributed by atoms with Gasteiger partial charge in [-0.15, -0.1) is 0 Å². The number of rotatable bonds is 6. The normalized spacial score (nSPS) is 13.2. The Kier molecular flexibility index (Phi) is 5.31. The van der Waals surface area contributed by atoms with Crippen LogP contribution in [0.2, 0.25) is 0 Å². The summed E-state index contributed by atoms with van der Waals surface area (Å²) in [5.74, 6) is -0.984. The maximum Gasteiger partial charge on any atom is 0.306 e. The molecule has 7 nitrogen and oxygen atoms in total. The van der Waals surface area contributed by atoms with E-state index in [1.807, 2.05) is 0 Å². The maximum absolute atomic E-state index is 13.3. The van der Waals surface area contributed by atoms with E-state index in [1.165, 1.54) is 13.2 Å². The molecule has 1 atom stereocenters. The van der Waals surface area contributed by atoms with Gasteiger partial charge in [0.25, 0.3) is 0 Å². The van der Waals surface area contributed by atoms with E-state index in [4.69, 9.17) is 0 Å². The first-order valence-electron chi connectivity index (χ1n) is 5.39. The van der Waals surface area contributed by atoms with Crippen molar-refractivity contribution in [2.45, 2.75) is 11.8 Å². The lowest BCUT2D eigenvalue weighted by Gasteiger charge is -2.09. The van der Waals surface area contributed by atoms with Crippen molar-refractivity contribution in [3.05, 3.63) is 33.6 Å². The van der Waals surface area contributed by atoms with Gasteiger partial charge >= 0.3 is 5.69 Å². The van der Waals surface area contributed by atoms with E-state index in [9.17, 15) is 27.1 Å². The molecule has 1 aromatic rings. The van der Waals surface area contributed by atoms with Gasteiger partial charge in [-0.2, -0.15) is 4.39 Å². The fourth-order valence-electron chi connectivity index (χ4n) is 1.47. The van der Waals surface area contributed by atoms with Crippen LogP contribution in [0.3, 0.4) is 0 Å². The van der Waals surface area contributed by atoms with Gasteiger partial charge in [-0.25, -0.2) is 13.1 Å². The zero-order chi connectivity index (χ0) is 15.5. The first-order valence-corrected chi connectivity index (χ1v) is 8.60. The summed E-state index contributed by atoms with van der Waals surface area (Å²) in [5, 5.41) is 10.6. The van der Waals surface area contributed by atoms with Crippen LogP contribution >= 0.6 is 0 Å². The second-order valence-electron chi connectivity index (χ2n) is 4.00. The van der Waals surface area contributed by atoms with Gasteiger partial charge < -0.3 is 0 Å². The highest BCUT2D eigenvalue weighted by Gasteiger charge is 2.24. The number of halogens is 1. The summed E-state index contributed by atoms with van der Waals surface area (Å²) in [5.41, 5.74) is -0.853. The van der Waals surface area contributed by atoms with Crippen LogP contribution in [-0.2, 0) is 20.8 Å². The van der Waals surface area contributed by atoms with Gasteiger partial charge in [0, 0.05) is 35.4 Å². The van der Waals surface area contributed by atoms with Crippen LogP contribution in [0.5, 0.6) is 0 Å². The quantitative estimate of drug-likeness (QED) is 0.612. The van der Waals surface area contributed by atoms with Gasteiger partial charge in [-0.3, -0.25) is 14.3 Å². The van der Waals surface area contributed by atoms with E-state index in [1.54, 1.807) is 0 Å². The SMILES string of the molecule is Cc1cc(F)c([N+](=O)[O-])cc1S(=O)(=O)NCCS(C)=O. The highest BCUT2D eigenvalue weighted by atomic mass is 32.2. The van der Waals surface area contributed by atoms with E-state index >= 15 is 0 Å². The molecule has 0 saturated carbocycles.